The van der Waals surface area contributed by atoms with Gasteiger partial charge in [-0.3, -0.25) is 14.4 Å². The van der Waals surface area contributed by atoms with Crippen molar-refractivity contribution in [1.29, 1.82) is 0 Å². The van der Waals surface area contributed by atoms with Gasteiger partial charge in [-0.15, -0.1) is 0 Å². The monoisotopic (exact) mass is 234 g/mol. The Morgan fingerprint density at radius 3 is 2.65 bits per heavy atom. The van der Waals surface area contributed by atoms with Gasteiger partial charge in [0.1, 0.15) is 11.5 Å². The minimum Gasteiger partial charge on any atom is -0.466 e. The van der Waals surface area contributed by atoms with Crippen molar-refractivity contribution in [3.05, 3.63) is 23.2 Å². The Balaban J connectivity index is 2.28. The molecule has 17 heavy (non-hydrogen) atoms. The van der Waals surface area contributed by atoms with E-state index in [0.717, 1.165) is 0 Å². The van der Waals surface area contributed by atoms with Crippen molar-refractivity contribution in [2.45, 2.75) is 33.1 Å². The van der Waals surface area contributed by atoms with Crippen LogP contribution in [0.5, 0.6) is 0 Å². The number of carbonyl (C=O) groups excluding carboxylic acids is 3. The van der Waals surface area contributed by atoms with Crippen LogP contribution >= 0.6 is 0 Å². The molecule has 1 atom stereocenters. The first-order chi connectivity index (χ1) is 8.00. The van der Waals surface area contributed by atoms with Crippen LogP contribution in [0.15, 0.2) is 10.5 Å². The van der Waals surface area contributed by atoms with E-state index in [1.807, 2.05) is 0 Å². The molecule has 4 heteroatoms. The van der Waals surface area contributed by atoms with E-state index >= 15 is 0 Å². The highest BCUT2D eigenvalue weighted by atomic mass is 16.3. The van der Waals surface area contributed by atoms with Gasteiger partial charge in [-0.25, -0.2) is 0 Å². The van der Waals surface area contributed by atoms with Crippen LogP contribution in [0.4, 0.5) is 0 Å². The second-order valence-electron chi connectivity index (χ2n) is 4.42. The van der Waals surface area contributed by atoms with Gasteiger partial charge in [0.05, 0.1) is 11.5 Å². The molecular weight excluding hydrogens is 220 g/mol. The fraction of sp³-hybridized carbons (Fsp3) is 0.462. The fourth-order valence-electron chi connectivity index (χ4n) is 2.23. The molecule has 4 nitrogen and oxygen atoms in total. The lowest BCUT2D eigenvalue weighted by molar-refractivity contribution is -0.139. The Labute approximate surface area is 99.0 Å². The first-order valence-corrected chi connectivity index (χ1v) is 5.69. The lowest BCUT2D eigenvalue weighted by Gasteiger charge is -2.17. The molecule has 1 aliphatic carbocycles. The van der Waals surface area contributed by atoms with Crippen molar-refractivity contribution in [2.75, 3.05) is 0 Å². The first kappa shape index (κ1) is 11.8. The van der Waals surface area contributed by atoms with E-state index in [1.165, 1.54) is 0 Å². The molecule has 2 rings (SSSR count). The second-order valence-corrected chi connectivity index (χ2v) is 4.42. The summed E-state index contributed by atoms with van der Waals surface area (Å²) >= 11 is 0. The predicted octanol–water partition coefficient (Wildman–Crippen LogP) is 2.02. The number of rotatable bonds is 2. The van der Waals surface area contributed by atoms with Crippen molar-refractivity contribution in [3.8, 4) is 0 Å². The summed E-state index contributed by atoms with van der Waals surface area (Å²) in [7, 11) is 0. The maximum atomic E-state index is 12.2. The maximum absolute atomic E-state index is 12.2. The molecule has 0 saturated heterocycles. The molecule has 0 aliphatic heterocycles. The minimum atomic E-state index is -0.799. The quantitative estimate of drug-likeness (QED) is 0.446. The molecule has 0 bridgehead atoms. The fourth-order valence-corrected chi connectivity index (χ4v) is 2.23. The average Bonchev–Trinajstić information content (AvgIpc) is 2.61. The van der Waals surface area contributed by atoms with Crippen molar-refractivity contribution < 1.29 is 18.8 Å². The van der Waals surface area contributed by atoms with Crippen LogP contribution in [-0.2, 0) is 9.59 Å². The van der Waals surface area contributed by atoms with E-state index in [9.17, 15) is 14.4 Å². The minimum absolute atomic E-state index is 0.270. The number of hydrogen-bond acceptors (Lipinski definition) is 4. The van der Waals surface area contributed by atoms with E-state index in [0.29, 0.717) is 29.9 Å². The van der Waals surface area contributed by atoms with Crippen LogP contribution in [0.25, 0.3) is 0 Å². The van der Waals surface area contributed by atoms with Gasteiger partial charge in [-0.1, -0.05) is 0 Å². The zero-order chi connectivity index (χ0) is 12.6. The molecule has 0 radical (unpaired) electrons. The molecular formula is C13H14O4. The summed E-state index contributed by atoms with van der Waals surface area (Å²) in [5.74, 6) is -0.893. The Morgan fingerprint density at radius 2 is 2.06 bits per heavy atom. The SMILES string of the molecule is Cc1cc(C(=O)C2CCCC(=O)C2=O)c(C)o1. The van der Waals surface area contributed by atoms with Crippen LogP contribution in [0.3, 0.4) is 0 Å². The van der Waals surface area contributed by atoms with Crippen LogP contribution in [-0.4, -0.2) is 17.3 Å². The molecule has 0 amide bonds. The maximum Gasteiger partial charge on any atom is 0.209 e. The number of aryl methyl sites for hydroxylation is 2. The van der Waals surface area contributed by atoms with Crippen molar-refractivity contribution in [1.82, 2.24) is 0 Å². The summed E-state index contributed by atoms with van der Waals surface area (Å²) in [6.07, 6.45) is 1.34. The average molecular weight is 234 g/mol. The van der Waals surface area contributed by atoms with E-state index in [-0.39, 0.29) is 12.2 Å². The van der Waals surface area contributed by atoms with Gasteiger partial charge in [0.2, 0.25) is 5.78 Å². The lowest BCUT2D eigenvalue weighted by atomic mass is 9.82. The van der Waals surface area contributed by atoms with Gasteiger partial charge in [-0.2, -0.15) is 0 Å². The molecule has 1 unspecified atom stereocenters. The number of furan rings is 1. The van der Waals surface area contributed by atoms with Crippen LogP contribution < -0.4 is 0 Å². The number of carbonyl (C=O) groups is 3. The Hall–Kier alpha value is -1.71. The molecule has 1 heterocycles. The molecule has 1 aromatic rings. The highest BCUT2D eigenvalue weighted by molar-refractivity contribution is 6.42. The van der Waals surface area contributed by atoms with E-state index < -0.39 is 17.5 Å². The third-order valence-corrected chi connectivity index (χ3v) is 3.11. The molecule has 1 aromatic heterocycles. The molecule has 90 valence electrons. The van der Waals surface area contributed by atoms with Crippen LogP contribution in [0, 0.1) is 19.8 Å². The summed E-state index contributed by atoms with van der Waals surface area (Å²) in [5, 5.41) is 0. The Bertz CT molecular complexity index is 496. The third kappa shape index (κ3) is 2.07. The lowest BCUT2D eigenvalue weighted by Crippen LogP contribution is -2.34. The van der Waals surface area contributed by atoms with E-state index in [2.05, 4.69) is 0 Å². The zero-order valence-electron chi connectivity index (χ0n) is 9.91. The van der Waals surface area contributed by atoms with Crippen LogP contribution in [0.1, 0.15) is 41.1 Å². The topological polar surface area (TPSA) is 64.3 Å². The van der Waals surface area contributed by atoms with Crippen molar-refractivity contribution >= 4 is 17.3 Å². The van der Waals surface area contributed by atoms with E-state index in [4.69, 9.17) is 4.42 Å². The van der Waals surface area contributed by atoms with E-state index in [1.54, 1.807) is 19.9 Å². The van der Waals surface area contributed by atoms with Crippen molar-refractivity contribution in [2.24, 2.45) is 5.92 Å². The highest BCUT2D eigenvalue weighted by Gasteiger charge is 2.36. The molecule has 1 fully saturated rings. The molecule has 0 N–H and O–H groups in total. The molecule has 0 spiro atoms. The number of ketones is 3. The second kappa shape index (κ2) is 4.28. The summed E-state index contributed by atoms with van der Waals surface area (Å²) < 4.78 is 5.27. The Morgan fingerprint density at radius 1 is 1.35 bits per heavy atom. The summed E-state index contributed by atoms with van der Waals surface area (Å²) in [6.45, 7) is 3.44. The van der Waals surface area contributed by atoms with Gasteiger partial charge < -0.3 is 4.42 Å². The van der Waals surface area contributed by atoms with Gasteiger partial charge in [0.15, 0.2) is 11.6 Å². The van der Waals surface area contributed by atoms with Crippen LogP contribution in [0.2, 0.25) is 0 Å². The molecule has 1 saturated carbocycles. The van der Waals surface area contributed by atoms with Gasteiger partial charge in [-0.05, 0) is 32.8 Å². The summed E-state index contributed by atoms with van der Waals surface area (Å²) in [6, 6.07) is 1.63. The first-order valence-electron chi connectivity index (χ1n) is 5.69. The normalized spacial score (nSPS) is 20.7. The third-order valence-electron chi connectivity index (χ3n) is 3.11. The standard InChI is InChI=1S/C13H14O4/c1-7-6-10(8(2)17-7)12(15)9-4-3-5-11(14)13(9)16/h6,9H,3-5H2,1-2H3. The molecule has 0 aromatic carbocycles. The smallest absolute Gasteiger partial charge is 0.209 e. The molecule has 1 aliphatic rings. The number of Topliss-reactive ketones (excluding diaryl/α,β-unsaturated/α-hetero) is 3. The summed E-state index contributed by atoms with van der Waals surface area (Å²) in [4.78, 5) is 35.1. The highest BCUT2D eigenvalue weighted by Crippen LogP contribution is 2.25. The summed E-state index contributed by atoms with van der Waals surface area (Å²) in [5.41, 5.74) is 0.426. The van der Waals surface area contributed by atoms with Gasteiger partial charge in [0.25, 0.3) is 0 Å². The Kier molecular flexibility index (Phi) is 2.96. The van der Waals surface area contributed by atoms with Crippen molar-refractivity contribution in [3.63, 3.8) is 0 Å². The predicted molar refractivity (Wildman–Crippen MR) is 59.9 cm³/mol. The largest absolute Gasteiger partial charge is 0.466 e. The zero-order valence-corrected chi connectivity index (χ0v) is 9.91. The number of hydrogen-bond donors (Lipinski definition) is 0. The van der Waals surface area contributed by atoms with Gasteiger partial charge in [0, 0.05) is 6.42 Å². The van der Waals surface area contributed by atoms with Gasteiger partial charge >= 0.3 is 0 Å².